The second-order valence-corrected chi connectivity index (χ2v) is 4.75. The largest absolute Gasteiger partial charge is 0.484 e. The lowest BCUT2D eigenvalue weighted by atomic mass is 10.3. The van der Waals surface area contributed by atoms with Gasteiger partial charge in [0.05, 0.1) is 0 Å². The van der Waals surface area contributed by atoms with Crippen LogP contribution < -0.4 is 10.1 Å². The topological polar surface area (TPSA) is 68.3 Å². The van der Waals surface area contributed by atoms with Crippen LogP contribution in [0.4, 0.5) is 9.52 Å². The number of carbonyl (C=O) groups excluding carboxylic acids is 2. The maximum Gasteiger partial charge on any atom is 0.264 e. The number of anilines is 1. The van der Waals surface area contributed by atoms with Gasteiger partial charge in [-0.1, -0.05) is 6.07 Å². The molecule has 0 saturated heterocycles. The highest BCUT2D eigenvalue weighted by Crippen LogP contribution is 2.16. The molecule has 104 valence electrons. The lowest BCUT2D eigenvalue weighted by Crippen LogP contribution is -2.20. The van der Waals surface area contributed by atoms with Crippen molar-refractivity contribution in [3.63, 3.8) is 0 Å². The number of carbonyl (C=O) groups is 2. The van der Waals surface area contributed by atoms with Gasteiger partial charge in [-0.05, 0) is 12.1 Å². The maximum atomic E-state index is 12.9. The first kappa shape index (κ1) is 14.1. The first-order chi connectivity index (χ1) is 9.54. The molecule has 7 heteroatoms. The highest BCUT2D eigenvalue weighted by atomic mass is 32.1. The van der Waals surface area contributed by atoms with Gasteiger partial charge in [-0.3, -0.25) is 14.9 Å². The molecule has 20 heavy (non-hydrogen) atoms. The maximum absolute atomic E-state index is 12.9. The third-order valence-corrected chi connectivity index (χ3v) is 3.03. The lowest BCUT2D eigenvalue weighted by Gasteiger charge is -2.05. The molecule has 0 aliphatic heterocycles. The zero-order chi connectivity index (χ0) is 14.5. The van der Waals surface area contributed by atoms with E-state index in [2.05, 4.69) is 10.3 Å². The minimum Gasteiger partial charge on any atom is -0.484 e. The van der Waals surface area contributed by atoms with Gasteiger partial charge in [-0.2, -0.15) is 0 Å². The summed E-state index contributed by atoms with van der Waals surface area (Å²) in [7, 11) is 0. The van der Waals surface area contributed by atoms with E-state index in [4.69, 9.17) is 4.74 Å². The first-order valence-corrected chi connectivity index (χ1v) is 6.57. The molecule has 1 N–H and O–H groups in total. The minimum atomic E-state index is -0.436. The number of nitrogens with zero attached hydrogens (tertiary/aromatic N) is 1. The minimum absolute atomic E-state index is 0.169. The van der Waals surface area contributed by atoms with Crippen molar-refractivity contribution in [1.82, 2.24) is 4.98 Å². The molecule has 0 saturated carbocycles. The van der Waals surface area contributed by atoms with Gasteiger partial charge < -0.3 is 4.74 Å². The van der Waals surface area contributed by atoms with E-state index in [1.54, 1.807) is 11.4 Å². The molecule has 0 aliphatic rings. The predicted molar refractivity (Wildman–Crippen MR) is 72.6 cm³/mol. The van der Waals surface area contributed by atoms with Crippen LogP contribution in [0.15, 0.2) is 29.6 Å². The summed E-state index contributed by atoms with van der Waals surface area (Å²) in [5.41, 5.74) is 0.302. The van der Waals surface area contributed by atoms with E-state index in [0.717, 1.165) is 11.3 Å². The first-order valence-electron chi connectivity index (χ1n) is 5.69. The number of ketones is 1. The fraction of sp³-hybridized carbons (Fsp3) is 0.154. The van der Waals surface area contributed by atoms with E-state index in [1.807, 2.05) is 0 Å². The molecule has 0 fully saturated rings. The molecule has 0 bridgehead atoms. The van der Waals surface area contributed by atoms with Crippen LogP contribution in [0.2, 0.25) is 0 Å². The number of nitrogens with one attached hydrogen (secondary N) is 1. The number of aromatic nitrogens is 1. The molecule has 2 aromatic rings. The molecule has 0 unspecified atom stereocenters. The Hall–Kier alpha value is -2.28. The standard InChI is InChI=1S/C13H11FN2O3S/c1-8(17)11-7-20-13(15-11)16-12(18)6-19-10-4-2-3-9(14)5-10/h2-5,7H,6H2,1H3,(H,15,16,18). The van der Waals surface area contributed by atoms with Crippen LogP contribution >= 0.6 is 11.3 Å². The summed E-state index contributed by atoms with van der Waals surface area (Å²) in [6.45, 7) is 1.13. The van der Waals surface area contributed by atoms with Gasteiger partial charge in [-0.25, -0.2) is 9.37 Å². The number of rotatable bonds is 5. The number of Topliss-reactive ketones (excluding diaryl/α,β-unsaturated/α-hetero) is 1. The van der Waals surface area contributed by atoms with Gasteiger partial charge in [0, 0.05) is 18.4 Å². The summed E-state index contributed by atoms with van der Waals surface area (Å²) in [4.78, 5) is 26.6. The number of benzene rings is 1. The Bertz CT molecular complexity index is 642. The SMILES string of the molecule is CC(=O)c1csc(NC(=O)COc2cccc(F)c2)n1. The summed E-state index contributed by atoms with van der Waals surface area (Å²) < 4.78 is 18.0. The van der Waals surface area contributed by atoms with Crippen molar-refractivity contribution in [3.05, 3.63) is 41.2 Å². The van der Waals surface area contributed by atoms with Gasteiger partial charge in [0.25, 0.3) is 5.91 Å². The Morgan fingerprint density at radius 2 is 2.25 bits per heavy atom. The molecule has 5 nitrogen and oxygen atoms in total. The number of ether oxygens (including phenoxy) is 1. The number of amides is 1. The van der Waals surface area contributed by atoms with E-state index in [-0.39, 0.29) is 18.1 Å². The van der Waals surface area contributed by atoms with E-state index in [0.29, 0.717) is 10.8 Å². The van der Waals surface area contributed by atoms with Gasteiger partial charge in [0.2, 0.25) is 0 Å². The summed E-state index contributed by atoms with van der Waals surface area (Å²) in [6.07, 6.45) is 0. The van der Waals surface area contributed by atoms with Crippen molar-refractivity contribution in [2.24, 2.45) is 0 Å². The fourth-order valence-electron chi connectivity index (χ4n) is 1.35. The van der Waals surface area contributed by atoms with Crippen molar-refractivity contribution in [3.8, 4) is 5.75 Å². The number of thiazole rings is 1. The Morgan fingerprint density at radius 1 is 1.45 bits per heavy atom. The smallest absolute Gasteiger partial charge is 0.264 e. The molecule has 2 rings (SSSR count). The van der Waals surface area contributed by atoms with Crippen LogP contribution in [-0.2, 0) is 4.79 Å². The van der Waals surface area contributed by atoms with E-state index in [1.165, 1.54) is 25.1 Å². The van der Waals surface area contributed by atoms with Gasteiger partial charge in [0.1, 0.15) is 17.3 Å². The van der Waals surface area contributed by atoms with Crippen LogP contribution in [-0.4, -0.2) is 23.3 Å². The van der Waals surface area contributed by atoms with Crippen LogP contribution in [0, 0.1) is 5.82 Å². The summed E-state index contributed by atoms with van der Waals surface area (Å²) in [5, 5.41) is 4.38. The predicted octanol–water partition coefficient (Wildman–Crippen LogP) is 2.50. The highest BCUT2D eigenvalue weighted by Gasteiger charge is 2.09. The zero-order valence-electron chi connectivity index (χ0n) is 10.6. The average molecular weight is 294 g/mol. The van der Waals surface area contributed by atoms with E-state index < -0.39 is 11.7 Å². The van der Waals surface area contributed by atoms with Gasteiger partial charge in [0.15, 0.2) is 17.5 Å². The number of hydrogen-bond acceptors (Lipinski definition) is 5. The fourth-order valence-corrected chi connectivity index (χ4v) is 2.12. The Morgan fingerprint density at radius 3 is 2.90 bits per heavy atom. The molecule has 1 aromatic heterocycles. The molecule has 1 aromatic carbocycles. The Kier molecular flexibility index (Phi) is 4.41. The van der Waals surface area contributed by atoms with E-state index >= 15 is 0 Å². The van der Waals surface area contributed by atoms with Crippen molar-refractivity contribution >= 4 is 28.2 Å². The molecule has 0 radical (unpaired) electrons. The van der Waals surface area contributed by atoms with Crippen LogP contribution in [0.25, 0.3) is 0 Å². The van der Waals surface area contributed by atoms with Gasteiger partial charge >= 0.3 is 0 Å². The van der Waals surface area contributed by atoms with Crippen molar-refractivity contribution < 1.29 is 18.7 Å². The molecular weight excluding hydrogens is 283 g/mol. The molecule has 1 heterocycles. The molecule has 0 atom stereocenters. The van der Waals surface area contributed by atoms with Crippen LogP contribution in [0.3, 0.4) is 0 Å². The quantitative estimate of drug-likeness (QED) is 0.860. The number of hydrogen-bond donors (Lipinski definition) is 1. The normalized spacial score (nSPS) is 10.1. The van der Waals surface area contributed by atoms with Crippen LogP contribution in [0.1, 0.15) is 17.4 Å². The Balaban J connectivity index is 1.87. The summed E-state index contributed by atoms with van der Waals surface area (Å²) >= 11 is 1.15. The van der Waals surface area contributed by atoms with Crippen molar-refractivity contribution in [2.45, 2.75) is 6.92 Å². The second kappa shape index (κ2) is 6.25. The van der Waals surface area contributed by atoms with Crippen molar-refractivity contribution in [2.75, 3.05) is 11.9 Å². The third-order valence-electron chi connectivity index (χ3n) is 2.28. The lowest BCUT2D eigenvalue weighted by molar-refractivity contribution is -0.118. The zero-order valence-corrected chi connectivity index (χ0v) is 11.4. The van der Waals surface area contributed by atoms with Crippen molar-refractivity contribution in [1.29, 1.82) is 0 Å². The molecule has 0 spiro atoms. The molecule has 0 aliphatic carbocycles. The van der Waals surface area contributed by atoms with E-state index in [9.17, 15) is 14.0 Å². The summed E-state index contributed by atoms with van der Waals surface area (Å²) in [6, 6.07) is 5.51. The second-order valence-electron chi connectivity index (χ2n) is 3.89. The Labute approximate surface area is 118 Å². The monoisotopic (exact) mass is 294 g/mol. The third kappa shape index (κ3) is 3.86. The average Bonchev–Trinajstić information content (AvgIpc) is 2.85. The summed E-state index contributed by atoms with van der Waals surface area (Å²) in [5.74, 6) is -0.769. The van der Waals surface area contributed by atoms with Gasteiger partial charge in [-0.15, -0.1) is 11.3 Å². The molecule has 1 amide bonds. The van der Waals surface area contributed by atoms with Crippen LogP contribution in [0.5, 0.6) is 5.75 Å². The molecular formula is C13H11FN2O3S. The number of halogens is 1. The highest BCUT2D eigenvalue weighted by molar-refractivity contribution is 7.14.